The Morgan fingerprint density at radius 3 is 2.84 bits per heavy atom. The van der Waals surface area contributed by atoms with Crippen molar-refractivity contribution in [3.05, 3.63) is 35.9 Å². The van der Waals surface area contributed by atoms with Crippen molar-refractivity contribution in [2.45, 2.75) is 19.9 Å². The molecule has 1 saturated heterocycles. The van der Waals surface area contributed by atoms with Crippen molar-refractivity contribution < 1.29 is 9.47 Å². The van der Waals surface area contributed by atoms with Crippen LogP contribution in [-0.4, -0.2) is 76.5 Å². The molecule has 1 aromatic heterocycles. The van der Waals surface area contributed by atoms with Crippen LogP contribution in [0.3, 0.4) is 0 Å². The van der Waals surface area contributed by atoms with Gasteiger partial charge in [-0.1, -0.05) is 18.2 Å². The van der Waals surface area contributed by atoms with Crippen molar-refractivity contribution in [2.24, 2.45) is 10.9 Å². The van der Waals surface area contributed by atoms with Crippen LogP contribution in [0.15, 0.2) is 35.3 Å². The van der Waals surface area contributed by atoms with Gasteiger partial charge in [0.15, 0.2) is 5.96 Å². The van der Waals surface area contributed by atoms with E-state index in [1.165, 1.54) is 5.56 Å². The largest absolute Gasteiger partial charge is 0.382 e. The highest BCUT2D eigenvalue weighted by Gasteiger charge is 2.25. The van der Waals surface area contributed by atoms with E-state index in [1.54, 1.807) is 7.11 Å². The fourth-order valence-corrected chi connectivity index (χ4v) is 3.73. The van der Waals surface area contributed by atoms with Crippen LogP contribution in [0.5, 0.6) is 0 Å². The number of fused-ring (bicyclic) bond motifs is 1. The molecule has 172 valence electrons. The molecule has 1 aliphatic rings. The van der Waals surface area contributed by atoms with Crippen LogP contribution in [0.2, 0.25) is 0 Å². The molecular formula is C23H36IN5O2. The highest BCUT2D eigenvalue weighted by molar-refractivity contribution is 14.0. The first kappa shape index (κ1) is 25.6. The van der Waals surface area contributed by atoms with E-state index in [0.717, 1.165) is 55.3 Å². The van der Waals surface area contributed by atoms with E-state index in [0.29, 0.717) is 25.7 Å². The summed E-state index contributed by atoms with van der Waals surface area (Å²) in [6.45, 7) is 7.65. The number of nitrogens with zero attached hydrogens (tertiary/aromatic N) is 4. The molecule has 0 radical (unpaired) electrons. The maximum absolute atomic E-state index is 5.74. The molecule has 1 aliphatic heterocycles. The molecule has 0 spiro atoms. The van der Waals surface area contributed by atoms with Crippen LogP contribution in [0, 0.1) is 5.92 Å². The lowest BCUT2D eigenvalue weighted by Crippen LogP contribution is -2.40. The lowest BCUT2D eigenvalue weighted by Gasteiger charge is -2.22. The number of hydrogen-bond acceptors (Lipinski definition) is 5. The molecule has 0 saturated carbocycles. The predicted octanol–water partition coefficient (Wildman–Crippen LogP) is 3.37. The standard InChI is InChI=1S/C23H35N5O2.HI/c1-5-24-23(28-11-10-18(16-28)17-30-13-12-29-4)25-15-19-14-22(27(2)3)26-21-9-7-6-8-20(19)21;/h6-9,14,18H,5,10-13,15-17H2,1-4H3,(H,24,25);1H. The molecule has 1 unspecified atom stereocenters. The highest BCUT2D eigenvalue weighted by atomic mass is 127. The van der Waals surface area contributed by atoms with Gasteiger partial charge in [-0.3, -0.25) is 0 Å². The summed E-state index contributed by atoms with van der Waals surface area (Å²) in [6, 6.07) is 10.4. The van der Waals surface area contributed by atoms with Crippen LogP contribution >= 0.6 is 24.0 Å². The summed E-state index contributed by atoms with van der Waals surface area (Å²) in [6.07, 6.45) is 1.13. The number of aromatic nitrogens is 1. The Morgan fingerprint density at radius 2 is 2.10 bits per heavy atom. The average molecular weight is 541 g/mol. The molecule has 1 atom stereocenters. The molecule has 2 aromatic rings. The third-order valence-corrected chi connectivity index (χ3v) is 5.35. The number of aliphatic imine (C=N–C) groups is 1. The molecule has 2 heterocycles. The quantitative estimate of drug-likeness (QED) is 0.228. The van der Waals surface area contributed by atoms with Crippen molar-refractivity contribution in [3.8, 4) is 0 Å². The number of halogens is 1. The van der Waals surface area contributed by atoms with E-state index in [-0.39, 0.29) is 24.0 Å². The number of benzene rings is 1. The van der Waals surface area contributed by atoms with Crippen LogP contribution < -0.4 is 10.2 Å². The topological polar surface area (TPSA) is 62.2 Å². The van der Waals surface area contributed by atoms with Crippen molar-refractivity contribution in [2.75, 3.05) is 65.6 Å². The van der Waals surface area contributed by atoms with Crippen molar-refractivity contribution in [1.29, 1.82) is 0 Å². The van der Waals surface area contributed by atoms with E-state index >= 15 is 0 Å². The van der Waals surface area contributed by atoms with Crippen molar-refractivity contribution in [3.63, 3.8) is 0 Å². The first-order chi connectivity index (χ1) is 14.6. The second-order valence-corrected chi connectivity index (χ2v) is 7.89. The second kappa shape index (κ2) is 13.0. The van der Waals surface area contributed by atoms with E-state index in [1.807, 2.05) is 25.1 Å². The predicted molar refractivity (Wildman–Crippen MR) is 139 cm³/mol. The number of likely N-dealkylation sites (tertiary alicyclic amines) is 1. The first-order valence-electron chi connectivity index (χ1n) is 10.8. The minimum Gasteiger partial charge on any atom is -0.382 e. The van der Waals surface area contributed by atoms with Gasteiger partial charge in [-0.2, -0.15) is 0 Å². The van der Waals surface area contributed by atoms with Gasteiger partial charge in [0, 0.05) is 52.1 Å². The van der Waals surface area contributed by atoms with Gasteiger partial charge in [0.1, 0.15) is 5.82 Å². The number of guanidine groups is 1. The van der Waals surface area contributed by atoms with Gasteiger partial charge in [-0.25, -0.2) is 9.98 Å². The number of para-hydroxylation sites is 1. The fourth-order valence-electron chi connectivity index (χ4n) is 3.73. The molecule has 1 fully saturated rings. The van der Waals surface area contributed by atoms with Gasteiger partial charge in [0.25, 0.3) is 0 Å². The summed E-state index contributed by atoms with van der Waals surface area (Å²) in [4.78, 5) is 14.1. The van der Waals surface area contributed by atoms with Gasteiger partial charge in [0.05, 0.1) is 31.9 Å². The Labute approximate surface area is 203 Å². The Balaban J connectivity index is 0.00000341. The monoisotopic (exact) mass is 541 g/mol. The average Bonchev–Trinajstić information content (AvgIpc) is 3.22. The van der Waals surface area contributed by atoms with Crippen LogP contribution in [0.25, 0.3) is 10.9 Å². The van der Waals surface area contributed by atoms with Crippen molar-refractivity contribution >= 4 is 46.7 Å². The molecule has 31 heavy (non-hydrogen) atoms. The number of pyridine rings is 1. The molecule has 8 heteroatoms. The Hall–Kier alpha value is -1.65. The fraction of sp³-hybridized carbons (Fsp3) is 0.565. The minimum atomic E-state index is 0. The van der Waals surface area contributed by atoms with Crippen molar-refractivity contribution in [1.82, 2.24) is 15.2 Å². The molecular weight excluding hydrogens is 505 g/mol. The lowest BCUT2D eigenvalue weighted by atomic mass is 10.1. The summed E-state index contributed by atoms with van der Waals surface area (Å²) in [5.41, 5.74) is 2.20. The SMILES string of the molecule is CCNC(=NCc1cc(N(C)C)nc2ccccc12)N1CCC(COCCOC)C1.I. The zero-order valence-corrected chi connectivity index (χ0v) is 21.5. The molecule has 0 bridgehead atoms. The zero-order valence-electron chi connectivity index (χ0n) is 19.1. The van der Waals surface area contributed by atoms with Gasteiger partial charge >= 0.3 is 0 Å². The molecule has 1 N–H and O–H groups in total. The summed E-state index contributed by atoms with van der Waals surface area (Å²) in [7, 11) is 5.74. The number of rotatable bonds is 9. The van der Waals surface area contributed by atoms with E-state index in [2.05, 4.69) is 41.4 Å². The second-order valence-electron chi connectivity index (χ2n) is 7.89. The maximum atomic E-state index is 5.74. The molecule has 0 amide bonds. The van der Waals surface area contributed by atoms with E-state index < -0.39 is 0 Å². The van der Waals surface area contributed by atoms with Crippen LogP contribution in [-0.2, 0) is 16.0 Å². The summed E-state index contributed by atoms with van der Waals surface area (Å²) >= 11 is 0. The molecule has 0 aliphatic carbocycles. The smallest absolute Gasteiger partial charge is 0.194 e. The number of hydrogen-bond donors (Lipinski definition) is 1. The van der Waals surface area contributed by atoms with E-state index in [4.69, 9.17) is 19.5 Å². The van der Waals surface area contributed by atoms with Gasteiger partial charge < -0.3 is 24.6 Å². The Bertz CT molecular complexity index is 846. The van der Waals surface area contributed by atoms with Crippen LogP contribution in [0.4, 0.5) is 5.82 Å². The third-order valence-electron chi connectivity index (χ3n) is 5.35. The highest BCUT2D eigenvalue weighted by Crippen LogP contribution is 2.23. The number of ether oxygens (including phenoxy) is 2. The summed E-state index contributed by atoms with van der Waals surface area (Å²) < 4.78 is 10.8. The summed E-state index contributed by atoms with van der Waals surface area (Å²) in [5, 5.41) is 4.63. The molecule has 7 nitrogen and oxygen atoms in total. The molecule has 3 rings (SSSR count). The zero-order chi connectivity index (χ0) is 21.3. The normalized spacial score (nSPS) is 16.5. The Morgan fingerprint density at radius 1 is 1.29 bits per heavy atom. The van der Waals surface area contributed by atoms with Gasteiger partial charge in [-0.15, -0.1) is 24.0 Å². The maximum Gasteiger partial charge on any atom is 0.194 e. The van der Waals surface area contributed by atoms with E-state index in [9.17, 15) is 0 Å². The summed E-state index contributed by atoms with van der Waals surface area (Å²) in [5.74, 6) is 2.47. The number of methoxy groups -OCH3 is 1. The third kappa shape index (κ3) is 7.18. The van der Waals surface area contributed by atoms with Crippen LogP contribution in [0.1, 0.15) is 18.9 Å². The first-order valence-corrected chi connectivity index (χ1v) is 10.8. The number of anilines is 1. The molecule has 1 aromatic carbocycles. The minimum absolute atomic E-state index is 0. The van der Waals surface area contributed by atoms with Gasteiger partial charge in [0.2, 0.25) is 0 Å². The number of nitrogens with one attached hydrogen (secondary N) is 1. The Kier molecular flexibility index (Phi) is 10.8. The lowest BCUT2D eigenvalue weighted by molar-refractivity contribution is 0.0536. The van der Waals surface area contributed by atoms with Gasteiger partial charge in [-0.05, 0) is 31.0 Å².